The molecular formula is C21H26N2O3S. The number of hydrogen-bond acceptors (Lipinski definition) is 4. The Hall–Kier alpha value is -2.34. The molecule has 3 rings (SSSR count). The molecule has 1 N–H and O–H groups in total. The molecule has 2 aromatic rings. The molecule has 144 valence electrons. The summed E-state index contributed by atoms with van der Waals surface area (Å²) in [6.07, 6.45) is 1.54. The van der Waals surface area contributed by atoms with E-state index >= 15 is 0 Å². The molecule has 5 nitrogen and oxygen atoms in total. The molecule has 1 aliphatic heterocycles. The fraction of sp³-hybridized carbons (Fsp3) is 0.429. The first-order valence-corrected chi connectivity index (χ1v) is 10.2. The van der Waals surface area contributed by atoms with Gasteiger partial charge in [0.25, 0.3) is 11.8 Å². The lowest BCUT2D eigenvalue weighted by Gasteiger charge is -2.32. The van der Waals surface area contributed by atoms with Gasteiger partial charge in [0, 0.05) is 19.1 Å². The maximum Gasteiger partial charge on any atom is 0.261 e. The Labute approximate surface area is 164 Å². The summed E-state index contributed by atoms with van der Waals surface area (Å²) in [6, 6.07) is 7.90. The van der Waals surface area contributed by atoms with Crippen LogP contribution >= 0.6 is 11.3 Å². The number of likely N-dealkylation sites (tertiary alicyclic amines) is 1. The van der Waals surface area contributed by atoms with Crippen LogP contribution in [0.25, 0.3) is 0 Å². The van der Waals surface area contributed by atoms with Crippen molar-refractivity contribution in [3.05, 3.63) is 51.2 Å². The Bertz CT molecular complexity index is 809. The van der Waals surface area contributed by atoms with E-state index in [-0.39, 0.29) is 24.5 Å². The van der Waals surface area contributed by atoms with Gasteiger partial charge in [0.05, 0.1) is 4.88 Å². The van der Waals surface area contributed by atoms with Crippen LogP contribution in [0.4, 0.5) is 0 Å². The fourth-order valence-corrected chi connectivity index (χ4v) is 3.94. The van der Waals surface area contributed by atoms with Gasteiger partial charge in [-0.15, -0.1) is 11.3 Å². The maximum atomic E-state index is 12.5. The van der Waals surface area contributed by atoms with Gasteiger partial charge in [-0.3, -0.25) is 9.59 Å². The maximum absolute atomic E-state index is 12.5. The van der Waals surface area contributed by atoms with Crippen LogP contribution in [0.3, 0.4) is 0 Å². The number of benzene rings is 1. The monoisotopic (exact) mass is 386 g/mol. The average Bonchev–Trinajstić information content (AvgIpc) is 3.20. The van der Waals surface area contributed by atoms with Crippen molar-refractivity contribution >= 4 is 23.2 Å². The Morgan fingerprint density at radius 2 is 1.85 bits per heavy atom. The van der Waals surface area contributed by atoms with Crippen LogP contribution in [0.2, 0.25) is 0 Å². The number of carbonyl (C=O) groups excluding carboxylic acids is 2. The first-order chi connectivity index (χ1) is 13.0. The molecule has 0 bridgehead atoms. The molecule has 0 unspecified atom stereocenters. The lowest BCUT2D eigenvalue weighted by molar-refractivity contribution is -0.134. The molecule has 1 aromatic carbocycles. The minimum atomic E-state index is -0.0245. The summed E-state index contributed by atoms with van der Waals surface area (Å²) in [4.78, 5) is 27.2. The van der Waals surface area contributed by atoms with Crippen molar-refractivity contribution < 1.29 is 14.3 Å². The molecule has 2 amide bonds. The van der Waals surface area contributed by atoms with Crippen LogP contribution in [0.1, 0.15) is 39.2 Å². The van der Waals surface area contributed by atoms with Gasteiger partial charge in [-0.1, -0.05) is 18.2 Å². The number of piperidine rings is 1. The molecule has 1 aliphatic rings. The van der Waals surface area contributed by atoms with E-state index in [0.29, 0.717) is 13.1 Å². The van der Waals surface area contributed by atoms with E-state index in [1.54, 1.807) is 0 Å². The Morgan fingerprint density at radius 1 is 1.15 bits per heavy atom. The molecular weight excluding hydrogens is 360 g/mol. The van der Waals surface area contributed by atoms with Crippen molar-refractivity contribution in [1.29, 1.82) is 0 Å². The number of thiophene rings is 1. The van der Waals surface area contributed by atoms with E-state index in [1.165, 1.54) is 11.3 Å². The molecule has 0 saturated carbocycles. The SMILES string of the molecule is Cc1ccc(C)c(OCC(=O)N2CCC(NC(=O)c3cccs3)CC2)c1C. The summed E-state index contributed by atoms with van der Waals surface area (Å²) in [5.74, 6) is 0.781. The van der Waals surface area contributed by atoms with Gasteiger partial charge in [-0.25, -0.2) is 0 Å². The van der Waals surface area contributed by atoms with Crippen LogP contribution in [0.5, 0.6) is 5.75 Å². The van der Waals surface area contributed by atoms with E-state index in [4.69, 9.17) is 4.74 Å². The predicted octanol–water partition coefficient (Wildman–Crippen LogP) is 3.47. The molecule has 2 heterocycles. The molecule has 6 heteroatoms. The van der Waals surface area contributed by atoms with E-state index in [2.05, 4.69) is 11.4 Å². The molecule has 0 aliphatic carbocycles. The van der Waals surface area contributed by atoms with Crippen LogP contribution < -0.4 is 10.1 Å². The molecule has 1 aromatic heterocycles. The van der Waals surface area contributed by atoms with Crippen LogP contribution in [-0.4, -0.2) is 42.5 Å². The molecule has 0 radical (unpaired) electrons. The highest BCUT2D eigenvalue weighted by Crippen LogP contribution is 2.25. The van der Waals surface area contributed by atoms with E-state index in [1.807, 2.05) is 49.3 Å². The van der Waals surface area contributed by atoms with Gasteiger partial charge in [0.1, 0.15) is 5.75 Å². The predicted molar refractivity (Wildman–Crippen MR) is 108 cm³/mol. The van der Waals surface area contributed by atoms with E-state index in [9.17, 15) is 9.59 Å². The van der Waals surface area contributed by atoms with Gasteiger partial charge >= 0.3 is 0 Å². The molecule has 0 atom stereocenters. The summed E-state index contributed by atoms with van der Waals surface area (Å²) in [5, 5.41) is 4.96. The number of aryl methyl sites for hydroxylation is 2. The van der Waals surface area contributed by atoms with Crippen molar-refractivity contribution in [3.63, 3.8) is 0 Å². The van der Waals surface area contributed by atoms with Crippen LogP contribution in [-0.2, 0) is 4.79 Å². The summed E-state index contributed by atoms with van der Waals surface area (Å²) in [7, 11) is 0. The lowest BCUT2D eigenvalue weighted by Crippen LogP contribution is -2.47. The summed E-state index contributed by atoms with van der Waals surface area (Å²) in [6.45, 7) is 7.39. The van der Waals surface area contributed by atoms with E-state index < -0.39 is 0 Å². The van der Waals surface area contributed by atoms with Gasteiger partial charge < -0.3 is 15.0 Å². The van der Waals surface area contributed by atoms with Crippen molar-refractivity contribution in [2.45, 2.75) is 39.7 Å². The van der Waals surface area contributed by atoms with E-state index in [0.717, 1.165) is 40.2 Å². The lowest BCUT2D eigenvalue weighted by atomic mass is 10.0. The van der Waals surface area contributed by atoms with Gasteiger partial charge in [-0.05, 0) is 61.7 Å². The highest BCUT2D eigenvalue weighted by atomic mass is 32.1. The summed E-state index contributed by atoms with van der Waals surface area (Å²) < 4.78 is 5.84. The second-order valence-corrected chi connectivity index (χ2v) is 8.00. The number of nitrogens with zero attached hydrogens (tertiary/aromatic N) is 1. The molecule has 0 spiro atoms. The van der Waals surface area contributed by atoms with Crippen molar-refractivity contribution in [2.75, 3.05) is 19.7 Å². The normalized spacial score (nSPS) is 14.9. The topological polar surface area (TPSA) is 58.6 Å². The van der Waals surface area contributed by atoms with Gasteiger partial charge in [0.2, 0.25) is 0 Å². The van der Waals surface area contributed by atoms with Crippen molar-refractivity contribution in [3.8, 4) is 5.75 Å². The zero-order chi connectivity index (χ0) is 19.4. The number of ether oxygens (including phenoxy) is 1. The van der Waals surface area contributed by atoms with Crippen LogP contribution in [0.15, 0.2) is 29.6 Å². The first-order valence-electron chi connectivity index (χ1n) is 9.27. The molecule has 1 saturated heterocycles. The number of rotatable bonds is 5. The minimum absolute atomic E-state index is 0.00154. The standard InChI is InChI=1S/C21H26N2O3S/c1-14-6-7-15(2)20(16(14)3)26-13-19(24)23-10-8-17(9-11-23)22-21(25)18-5-4-12-27-18/h4-7,12,17H,8-11,13H2,1-3H3,(H,22,25). The zero-order valence-corrected chi connectivity index (χ0v) is 16.9. The van der Waals surface area contributed by atoms with Gasteiger partial charge in [-0.2, -0.15) is 0 Å². The third-order valence-corrected chi connectivity index (χ3v) is 6.01. The van der Waals surface area contributed by atoms with Crippen LogP contribution in [0, 0.1) is 20.8 Å². The first kappa shape index (κ1) is 19.4. The summed E-state index contributed by atoms with van der Waals surface area (Å²) in [5.41, 5.74) is 3.28. The largest absolute Gasteiger partial charge is 0.483 e. The number of amides is 2. The molecule has 27 heavy (non-hydrogen) atoms. The highest BCUT2D eigenvalue weighted by Gasteiger charge is 2.24. The number of nitrogens with one attached hydrogen (secondary N) is 1. The second kappa shape index (κ2) is 8.57. The zero-order valence-electron chi connectivity index (χ0n) is 16.1. The quantitative estimate of drug-likeness (QED) is 0.856. The third-order valence-electron chi connectivity index (χ3n) is 5.14. The Kier molecular flexibility index (Phi) is 6.16. The smallest absolute Gasteiger partial charge is 0.261 e. The number of hydrogen-bond donors (Lipinski definition) is 1. The highest BCUT2D eigenvalue weighted by molar-refractivity contribution is 7.12. The minimum Gasteiger partial charge on any atom is -0.483 e. The van der Waals surface area contributed by atoms with Gasteiger partial charge in [0.15, 0.2) is 6.61 Å². The van der Waals surface area contributed by atoms with Crippen molar-refractivity contribution in [2.24, 2.45) is 0 Å². The second-order valence-electron chi connectivity index (χ2n) is 7.05. The Balaban J connectivity index is 1.48. The summed E-state index contributed by atoms with van der Waals surface area (Å²) >= 11 is 1.44. The fourth-order valence-electron chi connectivity index (χ4n) is 3.31. The van der Waals surface area contributed by atoms with Crippen molar-refractivity contribution in [1.82, 2.24) is 10.2 Å². The third kappa shape index (κ3) is 4.69. The Morgan fingerprint density at radius 3 is 2.52 bits per heavy atom. The average molecular weight is 387 g/mol. The molecule has 1 fully saturated rings. The number of carbonyl (C=O) groups is 2.